The van der Waals surface area contributed by atoms with Gasteiger partial charge in [-0.05, 0) is 50.6 Å². The lowest BCUT2D eigenvalue weighted by molar-refractivity contribution is 0.0368. The number of ether oxygens (including phenoxy) is 1. The zero-order chi connectivity index (χ0) is 19.6. The van der Waals surface area contributed by atoms with Gasteiger partial charge < -0.3 is 20.5 Å². The van der Waals surface area contributed by atoms with E-state index in [0.29, 0.717) is 19.2 Å². The SMILES string of the molecule is CCNC(=NCC(O)COCC1CC1)NCC1CCCN1Cc1ccccc1.I. The van der Waals surface area contributed by atoms with Crippen LogP contribution in [-0.2, 0) is 11.3 Å². The van der Waals surface area contributed by atoms with Crippen LogP contribution in [0.2, 0.25) is 0 Å². The van der Waals surface area contributed by atoms with Crippen molar-refractivity contribution in [2.75, 3.05) is 39.4 Å². The Morgan fingerprint density at radius 3 is 2.76 bits per heavy atom. The fourth-order valence-corrected chi connectivity index (χ4v) is 3.61. The molecule has 1 aliphatic carbocycles. The predicted molar refractivity (Wildman–Crippen MR) is 129 cm³/mol. The molecule has 0 amide bonds. The van der Waals surface area contributed by atoms with Crippen LogP contribution in [0.15, 0.2) is 35.3 Å². The van der Waals surface area contributed by atoms with Gasteiger partial charge in [0, 0.05) is 32.3 Å². The summed E-state index contributed by atoms with van der Waals surface area (Å²) in [6.45, 7) is 7.38. The zero-order valence-corrected chi connectivity index (χ0v) is 19.9. The highest BCUT2D eigenvalue weighted by Crippen LogP contribution is 2.28. The molecule has 7 heteroatoms. The minimum atomic E-state index is -0.546. The van der Waals surface area contributed by atoms with Crippen LogP contribution in [0.5, 0.6) is 0 Å². The quantitative estimate of drug-likeness (QED) is 0.240. The number of halogens is 1. The number of guanidine groups is 1. The molecule has 1 saturated heterocycles. The zero-order valence-electron chi connectivity index (χ0n) is 17.6. The summed E-state index contributed by atoms with van der Waals surface area (Å²) in [4.78, 5) is 7.09. The van der Waals surface area contributed by atoms with E-state index in [2.05, 4.69) is 57.8 Å². The number of nitrogens with zero attached hydrogens (tertiary/aromatic N) is 2. The molecule has 3 rings (SSSR count). The van der Waals surface area contributed by atoms with E-state index < -0.39 is 6.10 Å². The fourth-order valence-electron chi connectivity index (χ4n) is 3.61. The lowest BCUT2D eigenvalue weighted by Gasteiger charge is -2.25. The van der Waals surface area contributed by atoms with Crippen LogP contribution in [0.4, 0.5) is 0 Å². The molecule has 0 bridgehead atoms. The Kier molecular flexibility index (Phi) is 11.3. The lowest BCUT2D eigenvalue weighted by atomic mass is 10.2. The van der Waals surface area contributed by atoms with Gasteiger partial charge in [0.2, 0.25) is 0 Å². The van der Waals surface area contributed by atoms with Crippen LogP contribution in [0.3, 0.4) is 0 Å². The molecule has 29 heavy (non-hydrogen) atoms. The van der Waals surface area contributed by atoms with E-state index in [0.717, 1.165) is 44.7 Å². The summed E-state index contributed by atoms with van der Waals surface area (Å²) in [5.41, 5.74) is 1.37. The monoisotopic (exact) mass is 516 g/mol. The first-order chi connectivity index (χ1) is 13.7. The highest BCUT2D eigenvalue weighted by atomic mass is 127. The first-order valence-corrected chi connectivity index (χ1v) is 10.8. The highest BCUT2D eigenvalue weighted by molar-refractivity contribution is 14.0. The summed E-state index contributed by atoms with van der Waals surface area (Å²) in [6.07, 6.45) is 4.44. The number of benzene rings is 1. The number of likely N-dealkylation sites (tertiary alicyclic amines) is 1. The Labute approximate surface area is 192 Å². The van der Waals surface area contributed by atoms with Crippen molar-refractivity contribution in [3.05, 3.63) is 35.9 Å². The molecule has 6 nitrogen and oxygen atoms in total. The standard InChI is InChI=1S/C22H36N4O2.HI/c1-2-23-22(25-14-21(27)17-28-16-19-10-11-19)24-13-20-9-6-12-26(20)15-18-7-4-3-5-8-18;/h3-5,7-8,19-21,27H,2,6,9-17H2,1H3,(H2,23,24,25);1H. The number of nitrogens with one attached hydrogen (secondary N) is 2. The molecule has 3 N–H and O–H groups in total. The Bertz CT molecular complexity index is 598. The number of hydrogen-bond acceptors (Lipinski definition) is 4. The molecule has 1 aromatic rings. The summed E-state index contributed by atoms with van der Waals surface area (Å²) in [6, 6.07) is 11.2. The molecular weight excluding hydrogens is 479 g/mol. The second-order valence-corrected chi connectivity index (χ2v) is 7.99. The van der Waals surface area contributed by atoms with Gasteiger partial charge in [-0.15, -0.1) is 24.0 Å². The summed E-state index contributed by atoms with van der Waals surface area (Å²) in [5.74, 6) is 1.50. The van der Waals surface area contributed by atoms with Crippen molar-refractivity contribution in [2.45, 2.75) is 51.3 Å². The average Bonchev–Trinajstić information content (AvgIpc) is 3.43. The first-order valence-electron chi connectivity index (χ1n) is 10.8. The number of aliphatic imine (C=N–C) groups is 1. The Balaban J connectivity index is 0.00000300. The van der Waals surface area contributed by atoms with Gasteiger partial charge in [-0.2, -0.15) is 0 Å². The Morgan fingerprint density at radius 1 is 1.24 bits per heavy atom. The molecule has 1 aliphatic heterocycles. The molecule has 0 radical (unpaired) electrons. The number of aliphatic hydroxyl groups excluding tert-OH is 1. The van der Waals surface area contributed by atoms with Crippen molar-refractivity contribution in [1.82, 2.24) is 15.5 Å². The van der Waals surface area contributed by atoms with Crippen LogP contribution < -0.4 is 10.6 Å². The third-order valence-electron chi connectivity index (χ3n) is 5.40. The third kappa shape index (κ3) is 9.19. The van der Waals surface area contributed by atoms with E-state index >= 15 is 0 Å². The summed E-state index contributed by atoms with van der Waals surface area (Å²) in [5, 5.41) is 16.8. The minimum Gasteiger partial charge on any atom is -0.389 e. The van der Waals surface area contributed by atoms with Crippen molar-refractivity contribution in [3.63, 3.8) is 0 Å². The topological polar surface area (TPSA) is 69.1 Å². The molecular formula is C22H37IN4O2. The average molecular weight is 516 g/mol. The van der Waals surface area contributed by atoms with Crippen LogP contribution in [-0.4, -0.2) is 67.5 Å². The fraction of sp³-hybridized carbons (Fsp3) is 0.682. The molecule has 0 aromatic heterocycles. The van der Waals surface area contributed by atoms with E-state index in [-0.39, 0.29) is 24.0 Å². The van der Waals surface area contributed by atoms with E-state index in [1.54, 1.807) is 0 Å². The molecule has 0 spiro atoms. The summed E-state index contributed by atoms with van der Waals surface area (Å²) < 4.78 is 5.56. The van der Waals surface area contributed by atoms with Gasteiger partial charge in [-0.25, -0.2) is 0 Å². The van der Waals surface area contributed by atoms with Crippen molar-refractivity contribution in [1.29, 1.82) is 0 Å². The normalized spacial score (nSPS) is 20.9. The minimum absolute atomic E-state index is 0. The summed E-state index contributed by atoms with van der Waals surface area (Å²) in [7, 11) is 0. The van der Waals surface area contributed by atoms with Crippen LogP contribution >= 0.6 is 24.0 Å². The van der Waals surface area contributed by atoms with Gasteiger partial charge in [-0.3, -0.25) is 9.89 Å². The molecule has 1 aromatic carbocycles. The highest BCUT2D eigenvalue weighted by Gasteiger charge is 2.24. The second kappa shape index (κ2) is 13.4. The predicted octanol–water partition coefficient (Wildman–Crippen LogP) is 2.61. The largest absolute Gasteiger partial charge is 0.389 e. The molecule has 1 saturated carbocycles. The van der Waals surface area contributed by atoms with Crippen LogP contribution in [0.25, 0.3) is 0 Å². The maximum Gasteiger partial charge on any atom is 0.191 e. The number of hydrogen-bond donors (Lipinski definition) is 3. The third-order valence-corrected chi connectivity index (χ3v) is 5.40. The van der Waals surface area contributed by atoms with E-state index in [1.807, 2.05) is 0 Å². The second-order valence-electron chi connectivity index (χ2n) is 7.99. The maximum absolute atomic E-state index is 10.1. The van der Waals surface area contributed by atoms with Crippen molar-refractivity contribution in [2.24, 2.45) is 10.9 Å². The van der Waals surface area contributed by atoms with Crippen molar-refractivity contribution < 1.29 is 9.84 Å². The van der Waals surface area contributed by atoms with Crippen LogP contribution in [0, 0.1) is 5.92 Å². The molecule has 2 fully saturated rings. The van der Waals surface area contributed by atoms with Gasteiger partial charge >= 0.3 is 0 Å². The maximum atomic E-state index is 10.1. The molecule has 2 aliphatic rings. The van der Waals surface area contributed by atoms with E-state index in [4.69, 9.17) is 4.74 Å². The van der Waals surface area contributed by atoms with Gasteiger partial charge in [-0.1, -0.05) is 30.3 Å². The van der Waals surface area contributed by atoms with Gasteiger partial charge in [0.25, 0.3) is 0 Å². The molecule has 2 atom stereocenters. The van der Waals surface area contributed by atoms with Crippen LogP contribution in [0.1, 0.15) is 38.2 Å². The van der Waals surface area contributed by atoms with E-state index in [1.165, 1.54) is 31.2 Å². The van der Waals surface area contributed by atoms with Gasteiger partial charge in [0.1, 0.15) is 0 Å². The Morgan fingerprint density at radius 2 is 2.03 bits per heavy atom. The first kappa shape index (κ1) is 24.4. The lowest BCUT2D eigenvalue weighted by Crippen LogP contribution is -2.45. The molecule has 1 heterocycles. The van der Waals surface area contributed by atoms with Crippen molar-refractivity contribution in [3.8, 4) is 0 Å². The van der Waals surface area contributed by atoms with Gasteiger partial charge in [0.15, 0.2) is 5.96 Å². The number of rotatable bonds is 11. The summed E-state index contributed by atoms with van der Waals surface area (Å²) >= 11 is 0. The van der Waals surface area contributed by atoms with Gasteiger partial charge in [0.05, 0.1) is 19.3 Å². The van der Waals surface area contributed by atoms with E-state index in [9.17, 15) is 5.11 Å². The van der Waals surface area contributed by atoms with Crippen molar-refractivity contribution >= 4 is 29.9 Å². The Hall–Kier alpha value is -0.900. The molecule has 2 unspecified atom stereocenters. The molecule has 164 valence electrons. The number of aliphatic hydroxyl groups is 1. The smallest absolute Gasteiger partial charge is 0.191 e.